The molecule has 2 aromatic heterocycles. The first-order valence-corrected chi connectivity index (χ1v) is 5.83. The lowest BCUT2D eigenvalue weighted by Crippen LogP contribution is -1.86. The molecule has 0 fully saturated rings. The van der Waals surface area contributed by atoms with E-state index in [2.05, 4.69) is 57.8 Å². The maximum Gasteiger partial charge on any atom is 0.161 e. The van der Waals surface area contributed by atoms with Crippen LogP contribution in [0.4, 0.5) is 0 Å². The topological polar surface area (TPSA) is 25.8 Å². The maximum atomic E-state index is 4.26. The largest absolute Gasteiger partial charge is 0.237 e. The van der Waals surface area contributed by atoms with E-state index in [0.717, 1.165) is 24.6 Å². The molecule has 0 aliphatic carbocycles. The van der Waals surface area contributed by atoms with Gasteiger partial charge in [-0.25, -0.2) is 9.97 Å². The first kappa shape index (κ1) is 9.55. The van der Waals surface area contributed by atoms with Gasteiger partial charge >= 0.3 is 0 Å². The van der Waals surface area contributed by atoms with E-state index in [1.54, 1.807) is 6.20 Å². The average molecular weight is 367 g/mol. The Balaban J connectivity index is 2.94. The Bertz CT molecular complexity index is 470. The summed E-state index contributed by atoms with van der Waals surface area (Å²) in [6.45, 7) is 0. The fourth-order valence-electron chi connectivity index (χ4n) is 1.01. The number of pyridine rings is 2. The highest BCUT2D eigenvalue weighted by Crippen LogP contribution is 2.34. The van der Waals surface area contributed by atoms with E-state index in [1.807, 2.05) is 12.1 Å². The molecule has 0 amide bonds. The number of fused-ring (bicyclic) bond motifs is 1. The Morgan fingerprint density at radius 2 is 1.85 bits per heavy atom. The van der Waals surface area contributed by atoms with Crippen LogP contribution < -0.4 is 0 Å². The lowest BCUT2D eigenvalue weighted by atomic mass is 10.3. The van der Waals surface area contributed by atoms with Crippen LogP contribution in [0.3, 0.4) is 0 Å². The highest BCUT2D eigenvalue weighted by atomic mass is 79.9. The molecule has 13 heavy (non-hydrogen) atoms. The highest BCUT2D eigenvalue weighted by Gasteiger charge is 2.08. The zero-order chi connectivity index (χ0) is 9.42. The molecule has 2 nitrogen and oxygen atoms in total. The predicted octanol–water partition coefficient (Wildman–Crippen LogP) is 3.92. The minimum Gasteiger partial charge on any atom is -0.237 e. The summed E-state index contributed by atoms with van der Waals surface area (Å²) in [5.74, 6) is 0. The molecule has 0 N–H and O–H groups in total. The molecule has 2 rings (SSSR count). The Hall–Kier alpha value is -0.000000000000000111. The predicted molar refractivity (Wildman–Crippen MR) is 62.6 cm³/mol. The Labute approximate surface area is 100 Å². The Kier molecular flexibility index (Phi) is 2.67. The van der Waals surface area contributed by atoms with E-state index in [9.17, 15) is 0 Å². The van der Waals surface area contributed by atoms with Crippen molar-refractivity contribution in [2.45, 2.75) is 0 Å². The zero-order valence-electron chi connectivity index (χ0n) is 6.26. The van der Waals surface area contributed by atoms with Crippen molar-refractivity contribution in [2.24, 2.45) is 0 Å². The fraction of sp³-hybridized carbons (Fsp3) is 0. The van der Waals surface area contributed by atoms with Crippen LogP contribution in [0.25, 0.3) is 11.0 Å². The number of aromatic nitrogens is 2. The van der Waals surface area contributed by atoms with Crippen molar-refractivity contribution in [3.8, 4) is 0 Å². The molecule has 0 bridgehead atoms. The van der Waals surface area contributed by atoms with Crippen LogP contribution in [0, 0.1) is 0 Å². The van der Waals surface area contributed by atoms with Gasteiger partial charge in [-0.15, -0.1) is 0 Å². The molecule has 0 radical (unpaired) electrons. The molecule has 0 aromatic carbocycles. The number of hydrogen-bond acceptors (Lipinski definition) is 2. The molecule has 2 heterocycles. The fourth-order valence-corrected chi connectivity index (χ4v) is 2.44. The highest BCUT2D eigenvalue weighted by molar-refractivity contribution is 9.14. The molecular formula is C8H3Br3N2. The smallest absolute Gasteiger partial charge is 0.161 e. The standard InChI is InChI=1S/C8H3Br3N2/c9-5-4-2-1-3-12-8(4)13-7(11)6(5)10/h1-3H. The molecule has 0 atom stereocenters. The average Bonchev–Trinajstić information content (AvgIpc) is 2.15. The van der Waals surface area contributed by atoms with E-state index >= 15 is 0 Å². The van der Waals surface area contributed by atoms with E-state index in [-0.39, 0.29) is 0 Å². The van der Waals surface area contributed by atoms with Gasteiger partial charge in [0.2, 0.25) is 0 Å². The Morgan fingerprint density at radius 1 is 1.08 bits per heavy atom. The van der Waals surface area contributed by atoms with Gasteiger partial charge in [0, 0.05) is 16.1 Å². The van der Waals surface area contributed by atoms with Crippen LogP contribution in [-0.2, 0) is 0 Å². The monoisotopic (exact) mass is 364 g/mol. The van der Waals surface area contributed by atoms with Gasteiger partial charge in [0.05, 0.1) is 4.47 Å². The van der Waals surface area contributed by atoms with Crippen molar-refractivity contribution in [3.05, 3.63) is 31.9 Å². The number of rotatable bonds is 0. The Morgan fingerprint density at radius 3 is 2.62 bits per heavy atom. The second-order valence-electron chi connectivity index (χ2n) is 2.41. The molecule has 0 aliphatic rings. The summed E-state index contributed by atoms with van der Waals surface area (Å²) in [6, 6.07) is 3.85. The van der Waals surface area contributed by atoms with Crippen LogP contribution in [0.5, 0.6) is 0 Å². The minimum absolute atomic E-state index is 0.726. The maximum absolute atomic E-state index is 4.26. The lowest BCUT2D eigenvalue weighted by molar-refractivity contribution is 1.24. The van der Waals surface area contributed by atoms with E-state index in [4.69, 9.17) is 0 Å². The van der Waals surface area contributed by atoms with Crippen molar-refractivity contribution in [1.82, 2.24) is 9.97 Å². The third-order valence-corrected chi connectivity index (χ3v) is 4.83. The lowest BCUT2D eigenvalue weighted by Gasteiger charge is -2.02. The van der Waals surface area contributed by atoms with Crippen molar-refractivity contribution in [2.75, 3.05) is 0 Å². The number of hydrogen-bond donors (Lipinski definition) is 0. The quantitative estimate of drug-likeness (QED) is 0.660. The number of nitrogens with zero attached hydrogens (tertiary/aromatic N) is 2. The van der Waals surface area contributed by atoms with Gasteiger partial charge in [0.15, 0.2) is 5.65 Å². The molecule has 0 saturated carbocycles. The molecule has 0 aliphatic heterocycles. The molecular weight excluding hydrogens is 364 g/mol. The summed E-state index contributed by atoms with van der Waals surface area (Å²) < 4.78 is 2.64. The van der Waals surface area contributed by atoms with E-state index in [1.165, 1.54) is 0 Å². The molecule has 2 aromatic rings. The van der Waals surface area contributed by atoms with Crippen molar-refractivity contribution in [1.29, 1.82) is 0 Å². The normalized spacial score (nSPS) is 10.7. The van der Waals surface area contributed by atoms with Gasteiger partial charge in [0.25, 0.3) is 0 Å². The molecule has 0 saturated heterocycles. The summed E-state index contributed by atoms with van der Waals surface area (Å²) in [6.07, 6.45) is 1.72. The van der Waals surface area contributed by atoms with Crippen LogP contribution in [0.1, 0.15) is 0 Å². The molecule has 0 spiro atoms. The second kappa shape index (κ2) is 3.63. The third kappa shape index (κ3) is 1.65. The summed E-state index contributed by atoms with van der Waals surface area (Å²) in [4.78, 5) is 8.42. The molecule has 66 valence electrons. The summed E-state index contributed by atoms with van der Waals surface area (Å²) in [7, 11) is 0. The summed E-state index contributed by atoms with van der Waals surface area (Å²) >= 11 is 10.2. The second-order valence-corrected chi connectivity index (χ2v) is 4.74. The minimum atomic E-state index is 0.726. The third-order valence-electron chi connectivity index (χ3n) is 1.60. The van der Waals surface area contributed by atoms with Gasteiger partial charge in [-0.3, -0.25) is 0 Å². The summed E-state index contributed by atoms with van der Waals surface area (Å²) in [5.41, 5.74) is 0.726. The van der Waals surface area contributed by atoms with Crippen LogP contribution in [0.15, 0.2) is 31.9 Å². The SMILES string of the molecule is Brc1nc2ncccc2c(Br)c1Br. The van der Waals surface area contributed by atoms with Crippen molar-refractivity contribution < 1.29 is 0 Å². The summed E-state index contributed by atoms with van der Waals surface area (Å²) in [5, 5.41) is 0.998. The van der Waals surface area contributed by atoms with Gasteiger partial charge in [-0.2, -0.15) is 0 Å². The van der Waals surface area contributed by atoms with Gasteiger partial charge < -0.3 is 0 Å². The van der Waals surface area contributed by atoms with Gasteiger partial charge in [-0.05, 0) is 59.9 Å². The van der Waals surface area contributed by atoms with Crippen molar-refractivity contribution >= 4 is 58.8 Å². The van der Waals surface area contributed by atoms with Crippen LogP contribution in [0.2, 0.25) is 0 Å². The molecule has 5 heteroatoms. The number of halogens is 3. The first-order valence-electron chi connectivity index (χ1n) is 3.45. The zero-order valence-corrected chi connectivity index (χ0v) is 11.0. The van der Waals surface area contributed by atoms with Crippen molar-refractivity contribution in [3.63, 3.8) is 0 Å². The van der Waals surface area contributed by atoms with E-state index in [0.29, 0.717) is 0 Å². The van der Waals surface area contributed by atoms with Crippen LogP contribution >= 0.6 is 47.8 Å². The van der Waals surface area contributed by atoms with Crippen LogP contribution in [-0.4, -0.2) is 9.97 Å². The van der Waals surface area contributed by atoms with Gasteiger partial charge in [0.1, 0.15) is 4.60 Å². The molecule has 0 unspecified atom stereocenters. The van der Waals surface area contributed by atoms with Gasteiger partial charge in [-0.1, -0.05) is 0 Å². The van der Waals surface area contributed by atoms with E-state index < -0.39 is 0 Å². The first-order chi connectivity index (χ1) is 6.20.